The molecule has 3 amide bonds. The van der Waals surface area contributed by atoms with Crippen LogP contribution in [0.1, 0.15) is 92.3 Å². The number of likely N-dealkylation sites (tertiary alicyclic amines) is 1. The van der Waals surface area contributed by atoms with Crippen molar-refractivity contribution >= 4 is 29.1 Å². The highest BCUT2D eigenvalue weighted by molar-refractivity contribution is 7.09. The number of hydrogen-bond donors (Lipinski definition) is 2. The van der Waals surface area contributed by atoms with E-state index in [1.54, 1.807) is 10.3 Å². The SMILES string of the molecule is CCCCOCN(CCCc1nc(C(=O)NCCc2ccc(C)cc2)cs1)C(=O)[C@@H](NC(=O)C1CCCCN1C)C(C)CC. The van der Waals surface area contributed by atoms with E-state index in [9.17, 15) is 14.4 Å². The molecular formula is C34H53N5O4S. The number of aromatic nitrogens is 1. The number of benzene rings is 1. The van der Waals surface area contributed by atoms with Gasteiger partial charge in [0.05, 0.1) is 11.0 Å². The Hall–Kier alpha value is -2.82. The van der Waals surface area contributed by atoms with Crippen molar-refractivity contribution in [3.63, 3.8) is 0 Å². The molecule has 0 spiro atoms. The predicted octanol–water partition coefficient (Wildman–Crippen LogP) is 4.97. The molecule has 2 unspecified atom stereocenters. The number of amides is 3. The molecule has 0 aliphatic carbocycles. The first kappa shape index (κ1) is 35.7. The fourth-order valence-corrected chi connectivity index (χ4v) is 6.13. The van der Waals surface area contributed by atoms with Crippen molar-refractivity contribution < 1.29 is 19.1 Å². The van der Waals surface area contributed by atoms with Gasteiger partial charge in [-0.1, -0.05) is 69.9 Å². The molecular weight excluding hydrogens is 574 g/mol. The molecule has 10 heteroatoms. The van der Waals surface area contributed by atoms with E-state index in [1.165, 1.54) is 22.5 Å². The topological polar surface area (TPSA) is 104 Å². The van der Waals surface area contributed by atoms with E-state index in [0.717, 1.165) is 56.5 Å². The van der Waals surface area contributed by atoms with Gasteiger partial charge in [0.15, 0.2) is 0 Å². The molecule has 44 heavy (non-hydrogen) atoms. The Labute approximate surface area is 268 Å². The van der Waals surface area contributed by atoms with Crippen molar-refractivity contribution in [3.05, 3.63) is 51.5 Å². The molecule has 9 nitrogen and oxygen atoms in total. The number of hydrogen-bond acceptors (Lipinski definition) is 7. The van der Waals surface area contributed by atoms with Crippen molar-refractivity contribution in [3.8, 4) is 0 Å². The van der Waals surface area contributed by atoms with Gasteiger partial charge in [0.25, 0.3) is 5.91 Å². The summed E-state index contributed by atoms with van der Waals surface area (Å²) >= 11 is 1.46. The van der Waals surface area contributed by atoms with Crippen LogP contribution in [0.25, 0.3) is 0 Å². The van der Waals surface area contributed by atoms with Crippen LogP contribution in [0.5, 0.6) is 0 Å². The minimum atomic E-state index is -0.604. The highest BCUT2D eigenvalue weighted by Crippen LogP contribution is 2.18. The Morgan fingerprint density at radius 2 is 1.91 bits per heavy atom. The van der Waals surface area contributed by atoms with E-state index >= 15 is 0 Å². The molecule has 1 aliphatic heterocycles. The third-order valence-corrected chi connectivity index (χ3v) is 9.38. The van der Waals surface area contributed by atoms with Crippen LogP contribution in [0.4, 0.5) is 0 Å². The van der Waals surface area contributed by atoms with Gasteiger partial charge in [-0.3, -0.25) is 19.3 Å². The van der Waals surface area contributed by atoms with Gasteiger partial charge in [0.2, 0.25) is 11.8 Å². The Morgan fingerprint density at radius 3 is 2.61 bits per heavy atom. The molecule has 244 valence electrons. The number of rotatable bonds is 18. The zero-order valence-corrected chi connectivity index (χ0v) is 28.2. The van der Waals surface area contributed by atoms with Crippen LogP contribution in [0.15, 0.2) is 29.6 Å². The third-order valence-electron chi connectivity index (χ3n) is 8.47. The fraction of sp³-hybridized carbons (Fsp3) is 0.647. The molecule has 1 fully saturated rings. The summed E-state index contributed by atoms with van der Waals surface area (Å²) in [7, 11) is 1.98. The van der Waals surface area contributed by atoms with E-state index in [-0.39, 0.29) is 36.4 Å². The molecule has 2 aromatic rings. The number of carbonyl (C=O) groups excluding carboxylic acids is 3. The number of nitrogens with zero attached hydrogens (tertiary/aromatic N) is 3. The molecule has 3 atom stereocenters. The number of carbonyl (C=O) groups is 3. The molecule has 0 radical (unpaired) electrons. The highest BCUT2D eigenvalue weighted by atomic mass is 32.1. The molecule has 2 heterocycles. The number of aryl methyl sites for hydroxylation is 2. The fourth-order valence-electron chi connectivity index (χ4n) is 5.31. The number of likely N-dealkylation sites (N-methyl/N-ethyl adjacent to an activating group) is 1. The predicted molar refractivity (Wildman–Crippen MR) is 177 cm³/mol. The number of unbranched alkanes of at least 4 members (excludes halogenated alkanes) is 1. The van der Waals surface area contributed by atoms with Crippen LogP contribution >= 0.6 is 11.3 Å². The van der Waals surface area contributed by atoms with Crippen LogP contribution in [0, 0.1) is 12.8 Å². The molecule has 0 saturated carbocycles. The number of piperidine rings is 1. The molecule has 0 bridgehead atoms. The maximum absolute atomic E-state index is 13.9. The summed E-state index contributed by atoms with van der Waals surface area (Å²) in [5.74, 6) is -0.346. The number of thiazole rings is 1. The second-order valence-corrected chi connectivity index (χ2v) is 13.0. The minimum absolute atomic E-state index is 0.00970. The highest BCUT2D eigenvalue weighted by Gasteiger charge is 2.34. The summed E-state index contributed by atoms with van der Waals surface area (Å²) in [6.45, 7) is 10.9. The van der Waals surface area contributed by atoms with Gasteiger partial charge in [0, 0.05) is 31.5 Å². The number of ether oxygens (including phenoxy) is 1. The van der Waals surface area contributed by atoms with Crippen LogP contribution in [0.3, 0.4) is 0 Å². The molecule has 1 aliphatic rings. The lowest BCUT2D eigenvalue weighted by Gasteiger charge is -2.35. The van der Waals surface area contributed by atoms with Gasteiger partial charge >= 0.3 is 0 Å². The van der Waals surface area contributed by atoms with E-state index in [0.29, 0.717) is 38.2 Å². The lowest BCUT2D eigenvalue weighted by Crippen LogP contribution is -2.57. The first-order valence-corrected chi connectivity index (χ1v) is 17.3. The van der Waals surface area contributed by atoms with Gasteiger partial charge in [-0.15, -0.1) is 11.3 Å². The van der Waals surface area contributed by atoms with Gasteiger partial charge in [0.1, 0.15) is 18.5 Å². The van der Waals surface area contributed by atoms with Crippen molar-refractivity contribution in [1.82, 2.24) is 25.4 Å². The summed E-state index contributed by atoms with van der Waals surface area (Å²) in [6.07, 6.45) is 7.74. The largest absolute Gasteiger partial charge is 0.361 e. The zero-order chi connectivity index (χ0) is 31.9. The van der Waals surface area contributed by atoms with Crippen molar-refractivity contribution in [1.29, 1.82) is 0 Å². The average Bonchev–Trinajstić information content (AvgIpc) is 3.50. The van der Waals surface area contributed by atoms with Gasteiger partial charge in [-0.2, -0.15) is 0 Å². The summed E-state index contributed by atoms with van der Waals surface area (Å²) in [6, 6.07) is 7.52. The maximum Gasteiger partial charge on any atom is 0.270 e. The van der Waals surface area contributed by atoms with Crippen molar-refractivity contribution in [2.24, 2.45) is 5.92 Å². The van der Waals surface area contributed by atoms with Gasteiger partial charge in [-0.05, 0) is 64.1 Å². The normalized spacial score (nSPS) is 16.7. The first-order chi connectivity index (χ1) is 21.2. The van der Waals surface area contributed by atoms with Crippen LogP contribution in [-0.4, -0.2) is 84.6 Å². The quantitative estimate of drug-likeness (QED) is 0.179. The van der Waals surface area contributed by atoms with Crippen LogP contribution < -0.4 is 10.6 Å². The van der Waals surface area contributed by atoms with Gasteiger partial charge < -0.3 is 20.3 Å². The van der Waals surface area contributed by atoms with Crippen LogP contribution in [-0.2, 0) is 27.2 Å². The second-order valence-electron chi connectivity index (χ2n) is 12.1. The summed E-state index contributed by atoms with van der Waals surface area (Å²) in [5, 5.41) is 8.74. The zero-order valence-electron chi connectivity index (χ0n) is 27.4. The van der Waals surface area contributed by atoms with Crippen molar-refractivity contribution in [2.75, 3.05) is 40.0 Å². The Morgan fingerprint density at radius 1 is 1.14 bits per heavy atom. The lowest BCUT2D eigenvalue weighted by atomic mass is 9.96. The molecule has 2 N–H and O–H groups in total. The van der Waals surface area contributed by atoms with E-state index in [1.807, 2.05) is 20.9 Å². The van der Waals surface area contributed by atoms with Crippen LogP contribution in [0.2, 0.25) is 0 Å². The Kier molecular flexibility index (Phi) is 15.3. The monoisotopic (exact) mass is 627 g/mol. The third kappa shape index (κ3) is 11.3. The minimum Gasteiger partial charge on any atom is -0.361 e. The Balaban J connectivity index is 1.56. The molecule has 1 aromatic carbocycles. The maximum atomic E-state index is 13.9. The molecule has 1 aromatic heterocycles. The van der Waals surface area contributed by atoms with E-state index < -0.39 is 6.04 Å². The average molecular weight is 628 g/mol. The summed E-state index contributed by atoms with van der Waals surface area (Å²) in [5.41, 5.74) is 2.83. The second kappa shape index (κ2) is 18.9. The van der Waals surface area contributed by atoms with E-state index in [4.69, 9.17) is 4.74 Å². The molecule has 3 rings (SSSR count). The molecule has 1 saturated heterocycles. The van der Waals surface area contributed by atoms with Crippen molar-refractivity contribution in [2.45, 2.75) is 97.6 Å². The van der Waals surface area contributed by atoms with E-state index in [2.05, 4.69) is 58.6 Å². The smallest absolute Gasteiger partial charge is 0.270 e. The summed E-state index contributed by atoms with van der Waals surface area (Å²) < 4.78 is 5.89. The van der Waals surface area contributed by atoms with Gasteiger partial charge in [-0.25, -0.2) is 4.98 Å². The lowest BCUT2D eigenvalue weighted by molar-refractivity contribution is -0.144. The first-order valence-electron chi connectivity index (χ1n) is 16.4. The standard InChI is InChI=1S/C34H53N5O4S/c1-6-8-22-43-24-39(34(42)31(26(4)7-2)37-33(41)29-12-9-10-20-38(29)5)21-11-13-30-36-28(23-44-30)32(40)35-19-18-27-16-14-25(3)15-17-27/h14-17,23,26,29,31H,6-13,18-22,24H2,1-5H3,(H,35,40)(H,37,41)/t26?,29?,31-/m0/s1. The number of nitrogens with one attached hydrogen (secondary N) is 2. The Bertz CT molecular complexity index is 1170. The summed E-state index contributed by atoms with van der Waals surface area (Å²) in [4.78, 5) is 48.2.